The second kappa shape index (κ2) is 12.9. The molecule has 0 radical (unpaired) electrons. The molecule has 0 saturated heterocycles. The van der Waals surface area contributed by atoms with Gasteiger partial charge in [-0.25, -0.2) is 4.39 Å². The number of carbonyl (C=O) groups is 2. The molecule has 0 unspecified atom stereocenters. The van der Waals surface area contributed by atoms with E-state index >= 15 is 0 Å². The van der Waals surface area contributed by atoms with Crippen molar-refractivity contribution in [1.29, 1.82) is 0 Å². The van der Waals surface area contributed by atoms with Crippen molar-refractivity contribution < 1.29 is 14.0 Å². The fraction of sp³-hybridized carbons (Fsp3) is 0.250. The Kier molecular flexibility index (Phi) is 9.09. The molecule has 0 fully saturated rings. The maximum atomic E-state index is 13.6. The van der Waals surface area contributed by atoms with Gasteiger partial charge in [-0.3, -0.25) is 9.59 Å². The Balaban J connectivity index is 1.60. The Labute approximate surface area is 223 Å². The van der Waals surface area contributed by atoms with Crippen LogP contribution < -0.4 is 5.32 Å². The summed E-state index contributed by atoms with van der Waals surface area (Å²) < 4.78 is 15.7. The molecule has 4 rings (SSSR count). The number of carbonyl (C=O) groups excluding carboxylic acids is 2. The number of nitrogens with zero attached hydrogens (tertiary/aromatic N) is 2. The van der Waals surface area contributed by atoms with E-state index in [1.807, 2.05) is 59.5 Å². The summed E-state index contributed by atoms with van der Waals surface area (Å²) in [5, 5.41) is 2.79. The molecular weight excluding hydrogens is 477 g/mol. The lowest BCUT2D eigenvalue weighted by Crippen LogP contribution is -2.31. The lowest BCUT2D eigenvalue weighted by Gasteiger charge is -2.23. The van der Waals surface area contributed by atoms with E-state index in [-0.39, 0.29) is 17.6 Å². The molecule has 4 aromatic rings. The molecule has 5 nitrogen and oxygen atoms in total. The van der Waals surface area contributed by atoms with Gasteiger partial charge in [0.05, 0.1) is 5.69 Å². The van der Waals surface area contributed by atoms with Crippen LogP contribution in [0.3, 0.4) is 0 Å². The molecule has 0 aliphatic heterocycles. The quantitative estimate of drug-likeness (QED) is 0.236. The normalized spacial score (nSPS) is 10.8. The molecule has 0 aliphatic rings. The number of anilines is 1. The van der Waals surface area contributed by atoms with Gasteiger partial charge in [0.1, 0.15) is 5.82 Å². The van der Waals surface area contributed by atoms with Gasteiger partial charge in [-0.2, -0.15) is 0 Å². The van der Waals surface area contributed by atoms with E-state index in [1.54, 1.807) is 12.1 Å². The molecule has 38 heavy (non-hydrogen) atoms. The maximum Gasteiger partial charge on any atom is 0.223 e. The van der Waals surface area contributed by atoms with Crippen molar-refractivity contribution in [3.8, 4) is 16.9 Å². The summed E-state index contributed by atoms with van der Waals surface area (Å²) in [6, 6.07) is 28.1. The SMILES string of the molecule is CCCCN(Cc1ccccc1)C(=O)CCc1ccc(-c2ccc(F)cc2)n1-c1ccc(NC(C)=O)cc1. The summed E-state index contributed by atoms with van der Waals surface area (Å²) in [5.74, 6) is -0.296. The summed E-state index contributed by atoms with van der Waals surface area (Å²) in [6.45, 7) is 4.94. The van der Waals surface area contributed by atoms with Gasteiger partial charge in [-0.15, -0.1) is 0 Å². The van der Waals surface area contributed by atoms with Crippen LogP contribution in [0.15, 0.2) is 91.0 Å². The van der Waals surface area contributed by atoms with Gasteiger partial charge >= 0.3 is 0 Å². The van der Waals surface area contributed by atoms with Crippen LogP contribution in [0.5, 0.6) is 0 Å². The van der Waals surface area contributed by atoms with Crippen molar-refractivity contribution in [2.75, 3.05) is 11.9 Å². The zero-order chi connectivity index (χ0) is 26.9. The third-order valence-corrected chi connectivity index (χ3v) is 6.49. The monoisotopic (exact) mass is 511 g/mol. The fourth-order valence-electron chi connectivity index (χ4n) is 4.56. The summed E-state index contributed by atoms with van der Waals surface area (Å²) in [7, 11) is 0. The molecule has 0 saturated carbocycles. The number of aromatic nitrogens is 1. The predicted octanol–water partition coefficient (Wildman–Crippen LogP) is 7.00. The van der Waals surface area contributed by atoms with Gasteiger partial charge in [-0.05, 0) is 84.6 Å². The van der Waals surface area contributed by atoms with Gasteiger partial charge < -0.3 is 14.8 Å². The molecular formula is C32H34FN3O2. The van der Waals surface area contributed by atoms with Crippen LogP contribution in [-0.2, 0) is 22.6 Å². The molecule has 0 atom stereocenters. The lowest BCUT2D eigenvalue weighted by molar-refractivity contribution is -0.131. The highest BCUT2D eigenvalue weighted by atomic mass is 19.1. The third-order valence-electron chi connectivity index (χ3n) is 6.49. The Morgan fingerprint density at radius 2 is 1.61 bits per heavy atom. The van der Waals surface area contributed by atoms with E-state index in [1.165, 1.54) is 19.1 Å². The van der Waals surface area contributed by atoms with Crippen LogP contribution in [0.1, 0.15) is 44.4 Å². The number of benzene rings is 3. The zero-order valence-corrected chi connectivity index (χ0v) is 22.0. The number of hydrogen-bond donors (Lipinski definition) is 1. The van der Waals surface area contributed by atoms with Crippen molar-refractivity contribution in [3.05, 3.63) is 108 Å². The van der Waals surface area contributed by atoms with Crippen LogP contribution >= 0.6 is 0 Å². The molecule has 6 heteroatoms. The minimum absolute atomic E-state index is 0.124. The van der Waals surface area contributed by atoms with E-state index < -0.39 is 0 Å². The Morgan fingerprint density at radius 1 is 0.895 bits per heavy atom. The van der Waals surface area contributed by atoms with Gasteiger partial charge in [-0.1, -0.05) is 43.7 Å². The highest BCUT2D eigenvalue weighted by Gasteiger charge is 2.17. The molecule has 1 aromatic heterocycles. The largest absolute Gasteiger partial charge is 0.338 e. The van der Waals surface area contributed by atoms with Crippen LogP contribution in [0, 0.1) is 5.82 Å². The Hall–Kier alpha value is -4.19. The first-order chi connectivity index (χ1) is 18.4. The highest BCUT2D eigenvalue weighted by molar-refractivity contribution is 5.88. The third kappa shape index (κ3) is 6.97. The molecule has 196 valence electrons. The summed E-state index contributed by atoms with van der Waals surface area (Å²) in [5.41, 5.74) is 5.51. The zero-order valence-electron chi connectivity index (χ0n) is 22.0. The maximum absolute atomic E-state index is 13.6. The first-order valence-electron chi connectivity index (χ1n) is 13.1. The number of unbranched alkanes of at least 4 members (excludes halogenated alkanes) is 1. The predicted molar refractivity (Wildman–Crippen MR) is 151 cm³/mol. The molecule has 0 bridgehead atoms. The van der Waals surface area contributed by atoms with Gasteiger partial charge in [0.15, 0.2) is 0 Å². The number of halogens is 1. The molecule has 1 heterocycles. The van der Waals surface area contributed by atoms with Gasteiger partial charge in [0.25, 0.3) is 0 Å². The molecule has 2 amide bonds. The van der Waals surface area contributed by atoms with Crippen LogP contribution in [0.4, 0.5) is 10.1 Å². The Morgan fingerprint density at radius 3 is 2.26 bits per heavy atom. The first-order valence-corrected chi connectivity index (χ1v) is 13.1. The molecule has 0 aliphatic carbocycles. The molecule has 0 spiro atoms. The minimum atomic E-state index is -0.289. The van der Waals surface area contributed by atoms with Gasteiger partial charge in [0, 0.05) is 43.5 Å². The second-order valence-electron chi connectivity index (χ2n) is 9.43. The van der Waals surface area contributed by atoms with Gasteiger partial charge in [0.2, 0.25) is 11.8 Å². The topological polar surface area (TPSA) is 54.3 Å². The fourth-order valence-corrected chi connectivity index (χ4v) is 4.56. The molecule has 1 N–H and O–H groups in total. The van der Waals surface area contributed by atoms with Crippen LogP contribution in [0.2, 0.25) is 0 Å². The van der Waals surface area contributed by atoms with Crippen molar-refractivity contribution in [2.45, 2.75) is 46.1 Å². The van der Waals surface area contributed by atoms with E-state index in [2.05, 4.69) is 28.9 Å². The number of hydrogen-bond acceptors (Lipinski definition) is 2. The number of rotatable bonds is 11. The number of aryl methyl sites for hydroxylation is 1. The smallest absolute Gasteiger partial charge is 0.223 e. The van der Waals surface area contributed by atoms with Crippen molar-refractivity contribution in [3.63, 3.8) is 0 Å². The standard InChI is InChI=1S/C32H34FN3O2/c1-3-4-22-35(23-25-8-6-5-7-9-25)32(38)21-19-30-18-20-31(26-10-12-27(33)13-11-26)36(30)29-16-14-28(15-17-29)34-24(2)37/h5-18,20H,3-4,19,21-23H2,1-2H3,(H,34,37). The van der Waals surface area contributed by atoms with E-state index in [9.17, 15) is 14.0 Å². The van der Waals surface area contributed by atoms with Crippen molar-refractivity contribution in [1.82, 2.24) is 9.47 Å². The van der Waals surface area contributed by atoms with Crippen molar-refractivity contribution in [2.24, 2.45) is 0 Å². The second-order valence-corrected chi connectivity index (χ2v) is 9.43. The number of amides is 2. The summed E-state index contributed by atoms with van der Waals surface area (Å²) in [4.78, 5) is 26.8. The summed E-state index contributed by atoms with van der Waals surface area (Å²) >= 11 is 0. The average Bonchev–Trinajstić information content (AvgIpc) is 3.34. The summed E-state index contributed by atoms with van der Waals surface area (Å²) in [6.07, 6.45) is 2.93. The van der Waals surface area contributed by atoms with Crippen molar-refractivity contribution >= 4 is 17.5 Å². The minimum Gasteiger partial charge on any atom is -0.338 e. The number of nitrogens with one attached hydrogen (secondary N) is 1. The first kappa shape index (κ1) is 26.9. The van der Waals surface area contributed by atoms with Crippen LogP contribution in [-0.4, -0.2) is 27.8 Å². The lowest BCUT2D eigenvalue weighted by atomic mass is 10.1. The van der Waals surface area contributed by atoms with E-state index in [0.29, 0.717) is 25.1 Å². The van der Waals surface area contributed by atoms with E-state index in [0.717, 1.165) is 47.6 Å². The average molecular weight is 512 g/mol. The van der Waals surface area contributed by atoms with E-state index in [4.69, 9.17) is 0 Å². The highest BCUT2D eigenvalue weighted by Crippen LogP contribution is 2.28. The molecule has 3 aromatic carbocycles. The Bertz CT molecular complexity index is 1350. The van der Waals surface area contributed by atoms with Crippen LogP contribution in [0.25, 0.3) is 16.9 Å².